The summed E-state index contributed by atoms with van der Waals surface area (Å²) in [6.07, 6.45) is 6.76. The number of hydrogen-bond donors (Lipinski definition) is 0. The molecular weight excluding hydrogens is 338 g/mol. The maximum atomic E-state index is 12.4. The lowest BCUT2D eigenvalue weighted by molar-refractivity contribution is -0.140. The maximum absolute atomic E-state index is 12.4. The molecule has 0 aromatic carbocycles. The van der Waals surface area contributed by atoms with Crippen molar-refractivity contribution < 1.29 is 4.79 Å². The molecule has 0 bridgehead atoms. The third kappa shape index (κ3) is 4.20. The molecule has 6 heteroatoms. The molecular formula is C21H31N5O. The molecule has 0 unspecified atom stereocenters. The molecule has 27 heavy (non-hydrogen) atoms. The van der Waals surface area contributed by atoms with Crippen molar-refractivity contribution in [2.24, 2.45) is 18.4 Å². The second-order valence-electron chi connectivity index (χ2n) is 8.75. The van der Waals surface area contributed by atoms with E-state index in [2.05, 4.69) is 22.0 Å². The zero-order valence-electron chi connectivity index (χ0n) is 17.4. The fourth-order valence-electron chi connectivity index (χ4n) is 3.84. The molecule has 1 aliphatic heterocycles. The molecule has 1 amide bonds. The summed E-state index contributed by atoms with van der Waals surface area (Å²) in [4.78, 5) is 23.7. The second-order valence-corrected chi connectivity index (χ2v) is 8.75. The van der Waals surface area contributed by atoms with Crippen LogP contribution in [0.3, 0.4) is 0 Å². The average molecular weight is 370 g/mol. The van der Waals surface area contributed by atoms with Gasteiger partial charge in [0, 0.05) is 43.0 Å². The number of carbonyl (C=O) groups is 1. The van der Waals surface area contributed by atoms with E-state index in [9.17, 15) is 4.79 Å². The highest BCUT2D eigenvalue weighted by atomic mass is 16.2. The monoisotopic (exact) mass is 369 g/mol. The Balaban J connectivity index is 1.61. The predicted octanol–water partition coefficient (Wildman–Crippen LogP) is 3.32. The molecule has 0 N–H and O–H groups in total. The van der Waals surface area contributed by atoms with Crippen molar-refractivity contribution in [1.29, 1.82) is 0 Å². The molecule has 0 atom stereocenters. The highest BCUT2D eigenvalue weighted by molar-refractivity contribution is 5.81. The van der Waals surface area contributed by atoms with Crippen LogP contribution in [0.25, 0.3) is 11.3 Å². The van der Waals surface area contributed by atoms with E-state index in [0.717, 1.165) is 60.7 Å². The van der Waals surface area contributed by atoms with Gasteiger partial charge in [-0.25, -0.2) is 0 Å². The number of amides is 1. The van der Waals surface area contributed by atoms with Crippen molar-refractivity contribution in [2.75, 3.05) is 13.1 Å². The summed E-state index contributed by atoms with van der Waals surface area (Å²) in [5.41, 5.74) is 4.77. The van der Waals surface area contributed by atoms with Crippen LogP contribution < -0.4 is 0 Å². The van der Waals surface area contributed by atoms with Gasteiger partial charge in [0.15, 0.2) is 0 Å². The first kappa shape index (κ1) is 19.5. The highest BCUT2D eigenvalue weighted by Crippen LogP contribution is 2.27. The van der Waals surface area contributed by atoms with E-state index in [4.69, 9.17) is 0 Å². The summed E-state index contributed by atoms with van der Waals surface area (Å²) in [6, 6.07) is 0. The Morgan fingerprint density at radius 2 is 1.81 bits per heavy atom. The Labute approximate surface area is 162 Å². The number of nitrogens with zero attached hydrogens (tertiary/aromatic N) is 5. The number of aryl methyl sites for hydroxylation is 2. The second kappa shape index (κ2) is 7.41. The average Bonchev–Trinajstić information content (AvgIpc) is 2.87. The molecule has 1 saturated heterocycles. The first-order chi connectivity index (χ1) is 12.7. The van der Waals surface area contributed by atoms with Gasteiger partial charge in [-0.15, -0.1) is 0 Å². The number of likely N-dealkylation sites (tertiary alicyclic amines) is 1. The van der Waals surface area contributed by atoms with Gasteiger partial charge >= 0.3 is 0 Å². The normalized spacial score (nSPS) is 16.0. The lowest BCUT2D eigenvalue weighted by atomic mass is 9.89. The van der Waals surface area contributed by atoms with E-state index in [0.29, 0.717) is 5.92 Å². The van der Waals surface area contributed by atoms with Crippen LogP contribution in [0.2, 0.25) is 0 Å². The van der Waals surface area contributed by atoms with E-state index >= 15 is 0 Å². The lowest BCUT2D eigenvalue weighted by Gasteiger charge is -2.35. The van der Waals surface area contributed by atoms with Crippen molar-refractivity contribution in [2.45, 2.75) is 53.9 Å². The summed E-state index contributed by atoms with van der Waals surface area (Å²) in [6.45, 7) is 11.7. The van der Waals surface area contributed by atoms with Crippen molar-refractivity contribution in [3.63, 3.8) is 0 Å². The van der Waals surface area contributed by atoms with Gasteiger partial charge in [0.1, 0.15) is 0 Å². The van der Waals surface area contributed by atoms with Crippen LogP contribution in [0.1, 0.15) is 50.7 Å². The van der Waals surface area contributed by atoms with Gasteiger partial charge in [-0.3, -0.25) is 19.4 Å². The number of rotatable bonds is 3. The third-order valence-electron chi connectivity index (χ3n) is 5.51. The molecule has 3 rings (SSSR count). The third-order valence-corrected chi connectivity index (χ3v) is 5.51. The largest absolute Gasteiger partial charge is 0.342 e. The summed E-state index contributed by atoms with van der Waals surface area (Å²) in [5.74, 6) is 0.823. The van der Waals surface area contributed by atoms with Gasteiger partial charge in [0.25, 0.3) is 0 Å². The van der Waals surface area contributed by atoms with E-state index in [-0.39, 0.29) is 11.3 Å². The first-order valence-electron chi connectivity index (χ1n) is 9.77. The number of hydrogen-bond acceptors (Lipinski definition) is 4. The molecule has 2 aromatic heterocycles. The minimum Gasteiger partial charge on any atom is -0.342 e. The Morgan fingerprint density at radius 3 is 2.30 bits per heavy atom. The van der Waals surface area contributed by atoms with Crippen molar-refractivity contribution in [1.82, 2.24) is 24.6 Å². The molecule has 146 valence electrons. The van der Waals surface area contributed by atoms with Crippen LogP contribution in [0.4, 0.5) is 0 Å². The van der Waals surface area contributed by atoms with E-state index in [1.165, 1.54) is 0 Å². The zero-order chi connectivity index (χ0) is 19.8. The minimum absolute atomic E-state index is 0.257. The minimum atomic E-state index is -0.295. The van der Waals surface area contributed by atoms with Crippen molar-refractivity contribution in [3.8, 4) is 11.3 Å². The van der Waals surface area contributed by atoms with E-state index in [1.54, 1.807) is 0 Å². The van der Waals surface area contributed by atoms with Crippen LogP contribution in [0.15, 0.2) is 12.4 Å². The van der Waals surface area contributed by atoms with Gasteiger partial charge < -0.3 is 4.90 Å². The van der Waals surface area contributed by atoms with Crippen molar-refractivity contribution in [3.05, 3.63) is 29.5 Å². The van der Waals surface area contributed by atoms with Gasteiger partial charge in [0.2, 0.25) is 5.91 Å². The van der Waals surface area contributed by atoms with Gasteiger partial charge in [-0.05, 0) is 39.0 Å². The molecule has 6 nitrogen and oxygen atoms in total. The topological polar surface area (TPSA) is 63.9 Å². The number of piperidine rings is 1. The predicted molar refractivity (Wildman–Crippen MR) is 106 cm³/mol. The van der Waals surface area contributed by atoms with Crippen LogP contribution in [0.5, 0.6) is 0 Å². The summed E-state index contributed by atoms with van der Waals surface area (Å²) in [5, 5.41) is 4.46. The molecule has 0 aliphatic carbocycles. The Morgan fingerprint density at radius 1 is 1.15 bits per heavy atom. The molecule has 3 heterocycles. The Bertz CT molecular complexity index is 808. The molecule has 1 fully saturated rings. The highest BCUT2D eigenvalue weighted by Gasteiger charge is 2.30. The van der Waals surface area contributed by atoms with Crippen LogP contribution in [0, 0.1) is 25.2 Å². The molecule has 0 radical (unpaired) electrons. The standard InChI is InChI=1S/C21H31N5O/c1-14-19(15(2)25(6)24-14)18-13-22-17(12-23-18)11-16-7-9-26(10-8-16)20(27)21(3,4)5/h12-13,16H,7-11H2,1-6H3. The number of carbonyl (C=O) groups excluding carboxylic acids is 1. The maximum Gasteiger partial charge on any atom is 0.227 e. The zero-order valence-corrected chi connectivity index (χ0v) is 17.4. The van der Waals surface area contributed by atoms with Crippen LogP contribution >= 0.6 is 0 Å². The number of aromatic nitrogens is 4. The first-order valence-corrected chi connectivity index (χ1v) is 9.77. The van der Waals surface area contributed by atoms with Gasteiger partial charge in [-0.1, -0.05) is 20.8 Å². The molecule has 0 saturated carbocycles. The van der Waals surface area contributed by atoms with E-state index in [1.807, 2.05) is 56.7 Å². The lowest BCUT2D eigenvalue weighted by Crippen LogP contribution is -2.44. The Hall–Kier alpha value is -2.24. The molecule has 0 spiro atoms. The summed E-state index contributed by atoms with van der Waals surface area (Å²) < 4.78 is 1.88. The summed E-state index contributed by atoms with van der Waals surface area (Å²) >= 11 is 0. The van der Waals surface area contributed by atoms with Gasteiger partial charge in [0.05, 0.1) is 23.3 Å². The van der Waals surface area contributed by atoms with Crippen LogP contribution in [-0.4, -0.2) is 43.6 Å². The fraction of sp³-hybridized carbons (Fsp3) is 0.619. The molecule has 2 aromatic rings. The smallest absolute Gasteiger partial charge is 0.227 e. The van der Waals surface area contributed by atoms with Gasteiger partial charge in [-0.2, -0.15) is 5.10 Å². The quantitative estimate of drug-likeness (QED) is 0.832. The molecule has 1 aliphatic rings. The van der Waals surface area contributed by atoms with E-state index < -0.39 is 0 Å². The fourth-order valence-corrected chi connectivity index (χ4v) is 3.84. The SMILES string of the molecule is Cc1nn(C)c(C)c1-c1cnc(CC2CCN(C(=O)C(C)(C)C)CC2)cn1. The van der Waals surface area contributed by atoms with Crippen molar-refractivity contribution >= 4 is 5.91 Å². The summed E-state index contributed by atoms with van der Waals surface area (Å²) in [7, 11) is 1.95. The van der Waals surface area contributed by atoms with Crippen LogP contribution in [-0.2, 0) is 18.3 Å². The Kier molecular flexibility index (Phi) is 5.36.